The van der Waals surface area contributed by atoms with Crippen molar-refractivity contribution in [3.05, 3.63) is 47.8 Å². The topological polar surface area (TPSA) is 78.3 Å². The van der Waals surface area contributed by atoms with Crippen molar-refractivity contribution in [2.24, 2.45) is 5.92 Å². The average molecular weight is 492 g/mol. The highest BCUT2D eigenvalue weighted by Crippen LogP contribution is 2.37. The van der Waals surface area contributed by atoms with Crippen molar-refractivity contribution in [3.63, 3.8) is 0 Å². The van der Waals surface area contributed by atoms with Crippen LogP contribution in [0.25, 0.3) is 10.9 Å². The van der Waals surface area contributed by atoms with Gasteiger partial charge in [0.1, 0.15) is 17.3 Å². The first-order valence-electron chi connectivity index (χ1n) is 11.5. The second-order valence-corrected chi connectivity index (χ2v) is 8.87. The smallest absolute Gasteiger partial charge is 0.280 e. The summed E-state index contributed by atoms with van der Waals surface area (Å²) >= 11 is 0. The van der Waals surface area contributed by atoms with Crippen LogP contribution in [0.2, 0.25) is 0 Å². The second-order valence-electron chi connectivity index (χ2n) is 8.87. The summed E-state index contributed by atoms with van der Waals surface area (Å²) in [6.07, 6.45) is -1.80. The maximum atomic E-state index is 13.1. The predicted octanol–water partition coefficient (Wildman–Crippen LogP) is 5.40. The summed E-state index contributed by atoms with van der Waals surface area (Å²) in [6, 6.07) is 7.35. The van der Waals surface area contributed by atoms with Crippen LogP contribution >= 0.6 is 0 Å². The van der Waals surface area contributed by atoms with Gasteiger partial charge in [0.25, 0.3) is 12.3 Å². The zero-order chi connectivity index (χ0) is 24.5. The van der Waals surface area contributed by atoms with Gasteiger partial charge in [0.15, 0.2) is 0 Å². The van der Waals surface area contributed by atoms with Crippen molar-refractivity contribution in [2.75, 3.05) is 18.5 Å². The Bertz CT molecular complexity index is 1210. The molecule has 0 radical (unpaired) electrons. The predicted molar refractivity (Wildman–Crippen MR) is 119 cm³/mol. The third-order valence-electron chi connectivity index (χ3n) is 6.45. The van der Waals surface area contributed by atoms with E-state index in [1.54, 1.807) is 12.1 Å². The molecule has 1 aliphatic carbocycles. The van der Waals surface area contributed by atoms with Crippen LogP contribution in [0, 0.1) is 5.92 Å². The molecule has 1 aliphatic heterocycles. The van der Waals surface area contributed by atoms with Gasteiger partial charge in [-0.3, -0.25) is 9.48 Å². The van der Waals surface area contributed by atoms with E-state index in [9.17, 15) is 22.4 Å². The van der Waals surface area contributed by atoms with E-state index >= 15 is 0 Å². The molecule has 11 heteroatoms. The van der Waals surface area contributed by atoms with Gasteiger partial charge in [0.2, 0.25) is 6.43 Å². The molecule has 1 saturated heterocycles. The van der Waals surface area contributed by atoms with Crippen molar-refractivity contribution < 1.29 is 31.8 Å². The molecular formula is C24H24F4N4O3. The van der Waals surface area contributed by atoms with Crippen molar-refractivity contribution in [1.29, 1.82) is 0 Å². The third kappa shape index (κ3) is 5.09. The largest absolute Gasteiger partial charge is 0.489 e. The highest BCUT2D eigenvalue weighted by molar-refractivity contribution is 6.08. The van der Waals surface area contributed by atoms with Gasteiger partial charge in [0.05, 0.1) is 23.2 Å². The molecule has 7 nitrogen and oxygen atoms in total. The molecule has 1 saturated carbocycles. The van der Waals surface area contributed by atoms with Crippen LogP contribution < -0.4 is 10.1 Å². The van der Waals surface area contributed by atoms with E-state index in [0.717, 1.165) is 12.8 Å². The number of benzene rings is 1. The summed E-state index contributed by atoms with van der Waals surface area (Å²) in [5.41, 5.74) is 0.291. The first kappa shape index (κ1) is 23.5. The molecule has 0 spiro atoms. The SMILES string of the molecule is O=C(Nc1cccc(C(F)F)n1)c1cc2cn(C3CCOCC3)nc2cc1O[C@H]1C[C@H](C(F)F)C1. The molecule has 2 aliphatic rings. The van der Waals surface area contributed by atoms with Crippen LogP contribution in [0.1, 0.15) is 54.2 Å². The number of halogens is 4. The Morgan fingerprint density at radius 2 is 1.91 bits per heavy atom. The molecule has 1 N–H and O–H groups in total. The van der Waals surface area contributed by atoms with Gasteiger partial charge >= 0.3 is 0 Å². The van der Waals surface area contributed by atoms with Gasteiger partial charge in [-0.15, -0.1) is 0 Å². The molecule has 2 fully saturated rings. The van der Waals surface area contributed by atoms with E-state index in [4.69, 9.17) is 9.47 Å². The van der Waals surface area contributed by atoms with Gasteiger partial charge in [-0.2, -0.15) is 5.10 Å². The lowest BCUT2D eigenvalue weighted by Crippen LogP contribution is -2.37. The van der Waals surface area contributed by atoms with E-state index in [-0.39, 0.29) is 36.0 Å². The molecule has 1 aromatic carbocycles. The second kappa shape index (κ2) is 9.80. The Hall–Kier alpha value is -3.21. The van der Waals surface area contributed by atoms with E-state index in [1.165, 1.54) is 18.2 Å². The Balaban J connectivity index is 1.44. The summed E-state index contributed by atoms with van der Waals surface area (Å²) in [6.45, 7) is 1.28. The minimum atomic E-state index is -2.78. The van der Waals surface area contributed by atoms with Crippen LogP contribution in [0.3, 0.4) is 0 Å². The van der Waals surface area contributed by atoms with E-state index < -0.39 is 36.5 Å². The molecule has 35 heavy (non-hydrogen) atoms. The molecule has 3 heterocycles. The molecule has 1 amide bonds. The molecule has 5 rings (SSSR count). The third-order valence-corrected chi connectivity index (χ3v) is 6.45. The lowest BCUT2D eigenvalue weighted by molar-refractivity contribution is -0.0330. The standard InChI is InChI=1S/C24H24F4N4O3/c25-22(26)13-8-16(9-13)35-20-11-19-14(12-32(31-19)15-4-6-34-7-5-15)10-17(20)24(33)30-21-3-1-2-18(29-21)23(27)28/h1-3,10-13,15-16,22-23H,4-9H2,(H,29,30,33)/t13-,16-. The Kier molecular flexibility index (Phi) is 6.59. The maximum absolute atomic E-state index is 13.1. The van der Waals surface area contributed by atoms with Crippen LogP contribution in [0.4, 0.5) is 23.4 Å². The lowest BCUT2D eigenvalue weighted by Gasteiger charge is -2.35. The number of aromatic nitrogens is 3. The number of ether oxygens (including phenoxy) is 2. The molecule has 2 aromatic heterocycles. The number of carbonyl (C=O) groups excluding carboxylic acids is 1. The minimum absolute atomic E-state index is 0.0295. The molecular weight excluding hydrogens is 468 g/mol. The Labute approximate surface area is 198 Å². The van der Waals surface area contributed by atoms with Crippen molar-refractivity contribution >= 4 is 22.6 Å². The normalized spacial score (nSPS) is 20.9. The van der Waals surface area contributed by atoms with Gasteiger partial charge in [-0.05, 0) is 43.9 Å². The van der Waals surface area contributed by atoms with E-state index in [1.807, 2.05) is 10.9 Å². The zero-order valence-corrected chi connectivity index (χ0v) is 18.7. The maximum Gasteiger partial charge on any atom is 0.280 e. The lowest BCUT2D eigenvalue weighted by atomic mass is 9.82. The van der Waals surface area contributed by atoms with E-state index in [2.05, 4.69) is 15.4 Å². The number of amides is 1. The fourth-order valence-corrected chi connectivity index (χ4v) is 4.40. The summed E-state index contributed by atoms with van der Waals surface area (Å²) in [4.78, 5) is 16.9. The molecule has 3 aromatic rings. The monoisotopic (exact) mass is 492 g/mol. The quantitative estimate of drug-likeness (QED) is 0.447. The number of hydrogen-bond donors (Lipinski definition) is 1. The average Bonchev–Trinajstić information content (AvgIpc) is 3.24. The Morgan fingerprint density at radius 3 is 2.63 bits per heavy atom. The molecule has 186 valence electrons. The minimum Gasteiger partial charge on any atom is -0.489 e. The van der Waals surface area contributed by atoms with Gasteiger partial charge in [0, 0.05) is 36.8 Å². The number of rotatable bonds is 7. The number of nitrogens with one attached hydrogen (secondary N) is 1. The van der Waals surface area contributed by atoms with Crippen molar-refractivity contribution in [1.82, 2.24) is 14.8 Å². The zero-order valence-electron chi connectivity index (χ0n) is 18.7. The van der Waals surface area contributed by atoms with E-state index in [0.29, 0.717) is 24.1 Å². The first-order valence-corrected chi connectivity index (χ1v) is 11.5. The Morgan fingerprint density at radius 1 is 1.14 bits per heavy atom. The highest BCUT2D eigenvalue weighted by atomic mass is 19.3. The van der Waals surface area contributed by atoms with Crippen molar-refractivity contribution in [3.8, 4) is 5.75 Å². The number of hydrogen-bond acceptors (Lipinski definition) is 5. The van der Waals surface area contributed by atoms with Crippen LogP contribution in [-0.2, 0) is 4.74 Å². The first-order chi connectivity index (χ1) is 16.9. The van der Waals surface area contributed by atoms with Gasteiger partial charge < -0.3 is 14.8 Å². The van der Waals surface area contributed by atoms with Crippen LogP contribution in [-0.4, -0.2) is 46.4 Å². The van der Waals surface area contributed by atoms with Gasteiger partial charge in [-0.25, -0.2) is 22.5 Å². The number of nitrogens with zero attached hydrogens (tertiary/aromatic N) is 3. The number of anilines is 1. The summed E-state index contributed by atoms with van der Waals surface area (Å²) in [5.74, 6) is -1.16. The number of fused-ring (bicyclic) bond motifs is 1. The number of pyridine rings is 1. The fraction of sp³-hybridized carbons (Fsp3) is 0.458. The van der Waals surface area contributed by atoms with Crippen molar-refractivity contribution in [2.45, 2.75) is 50.7 Å². The van der Waals surface area contributed by atoms with Crippen LogP contribution in [0.5, 0.6) is 5.75 Å². The highest BCUT2D eigenvalue weighted by Gasteiger charge is 2.37. The summed E-state index contributed by atoms with van der Waals surface area (Å²) < 4.78 is 65.1. The van der Waals surface area contributed by atoms with Gasteiger partial charge in [-0.1, -0.05) is 6.07 Å². The fourth-order valence-electron chi connectivity index (χ4n) is 4.40. The van der Waals surface area contributed by atoms with Crippen LogP contribution in [0.15, 0.2) is 36.5 Å². The number of carbonyl (C=O) groups is 1. The molecule has 0 bridgehead atoms. The summed E-state index contributed by atoms with van der Waals surface area (Å²) in [7, 11) is 0. The summed E-state index contributed by atoms with van der Waals surface area (Å²) in [5, 5.41) is 7.88. The molecule has 0 atom stereocenters. The molecule has 0 unspecified atom stereocenters. The number of alkyl halides is 4.